The minimum absolute atomic E-state index is 0.0111. The highest BCUT2D eigenvalue weighted by atomic mass is 35.5. The third-order valence-corrected chi connectivity index (χ3v) is 4.81. The molecule has 3 rings (SSSR count). The lowest BCUT2D eigenvalue weighted by molar-refractivity contribution is -0.123. The van der Waals surface area contributed by atoms with E-state index in [4.69, 9.17) is 16.3 Å². The Labute approximate surface area is 153 Å². The van der Waals surface area contributed by atoms with E-state index < -0.39 is 0 Å². The number of ether oxygens (including phenoxy) is 1. The molecule has 2 aromatic carbocycles. The third kappa shape index (κ3) is 4.97. The van der Waals surface area contributed by atoms with E-state index in [9.17, 15) is 4.79 Å². The Kier molecular flexibility index (Phi) is 5.95. The molecule has 0 fully saturated rings. The first-order chi connectivity index (χ1) is 12.1. The summed E-state index contributed by atoms with van der Waals surface area (Å²) in [5, 5.41) is 3.60. The largest absolute Gasteiger partial charge is 0.484 e. The Morgan fingerprint density at radius 1 is 1.20 bits per heavy atom. The number of benzene rings is 2. The molecule has 1 unspecified atom stereocenters. The number of fused-ring (bicyclic) bond motifs is 1. The molecule has 0 aliphatic carbocycles. The minimum atomic E-state index is -0.112. The molecule has 2 aromatic rings. The maximum Gasteiger partial charge on any atom is 0.257 e. The number of nitrogens with zero attached hydrogens (tertiary/aromatic N) is 1. The average molecular weight is 359 g/mol. The first-order valence-electron chi connectivity index (χ1n) is 8.58. The number of hydrogen-bond donors (Lipinski definition) is 1. The highest BCUT2D eigenvalue weighted by Gasteiger charge is 2.20. The van der Waals surface area contributed by atoms with Gasteiger partial charge in [0.1, 0.15) is 5.75 Å². The molecule has 5 heteroatoms. The molecule has 0 saturated carbocycles. The Balaban J connectivity index is 1.42. The van der Waals surface area contributed by atoms with E-state index in [2.05, 4.69) is 41.4 Å². The second-order valence-corrected chi connectivity index (χ2v) is 6.82. The standard InChI is InChI=1S/C20H23ClN2O2/c1-15(23-11-10-16-4-2-3-5-17(16)13-23)12-22-20(24)14-25-19-8-6-18(21)7-9-19/h2-9,15H,10-14H2,1H3,(H,22,24). The number of amides is 1. The number of hydrogen-bond acceptors (Lipinski definition) is 3. The van der Waals surface area contributed by atoms with E-state index in [1.807, 2.05) is 0 Å². The maximum absolute atomic E-state index is 12.0. The SMILES string of the molecule is CC(CNC(=O)COc1ccc(Cl)cc1)N1CCc2ccccc2C1. The maximum atomic E-state index is 12.0. The zero-order chi connectivity index (χ0) is 17.6. The summed E-state index contributed by atoms with van der Waals surface area (Å²) in [4.78, 5) is 14.4. The zero-order valence-corrected chi connectivity index (χ0v) is 15.1. The minimum Gasteiger partial charge on any atom is -0.484 e. The van der Waals surface area contributed by atoms with Gasteiger partial charge in [0.2, 0.25) is 0 Å². The molecule has 1 atom stereocenters. The van der Waals surface area contributed by atoms with E-state index in [0.29, 0.717) is 17.3 Å². The molecule has 1 aliphatic heterocycles. The Morgan fingerprint density at radius 2 is 1.92 bits per heavy atom. The second kappa shape index (κ2) is 8.37. The predicted octanol–water partition coefficient (Wildman–Crippen LogP) is 3.28. The normalized spacial score (nSPS) is 15.3. The van der Waals surface area contributed by atoms with Gasteiger partial charge in [-0.15, -0.1) is 0 Å². The second-order valence-electron chi connectivity index (χ2n) is 6.38. The van der Waals surface area contributed by atoms with Gasteiger partial charge in [0, 0.05) is 30.7 Å². The van der Waals surface area contributed by atoms with Crippen LogP contribution in [0.1, 0.15) is 18.1 Å². The van der Waals surface area contributed by atoms with Gasteiger partial charge in [0.25, 0.3) is 5.91 Å². The zero-order valence-electron chi connectivity index (χ0n) is 14.4. The summed E-state index contributed by atoms with van der Waals surface area (Å²) >= 11 is 5.82. The van der Waals surface area contributed by atoms with Gasteiger partial charge in [-0.3, -0.25) is 9.69 Å². The van der Waals surface area contributed by atoms with E-state index in [0.717, 1.165) is 19.5 Å². The number of carbonyl (C=O) groups excluding carboxylic acids is 1. The van der Waals surface area contributed by atoms with Crippen molar-refractivity contribution in [3.8, 4) is 5.75 Å². The summed E-state index contributed by atoms with van der Waals surface area (Å²) in [5.41, 5.74) is 2.82. The highest BCUT2D eigenvalue weighted by Crippen LogP contribution is 2.20. The van der Waals surface area contributed by atoms with Crippen molar-refractivity contribution in [2.45, 2.75) is 25.9 Å². The summed E-state index contributed by atoms with van der Waals surface area (Å²) in [6.45, 7) is 4.74. The van der Waals surface area contributed by atoms with Crippen LogP contribution < -0.4 is 10.1 Å². The van der Waals surface area contributed by atoms with E-state index in [-0.39, 0.29) is 18.6 Å². The van der Waals surface area contributed by atoms with Crippen LogP contribution in [0, 0.1) is 0 Å². The van der Waals surface area contributed by atoms with Gasteiger partial charge in [-0.25, -0.2) is 0 Å². The third-order valence-electron chi connectivity index (χ3n) is 4.56. The molecule has 25 heavy (non-hydrogen) atoms. The van der Waals surface area contributed by atoms with Crippen LogP contribution in [0.5, 0.6) is 5.75 Å². The van der Waals surface area contributed by atoms with E-state index in [1.54, 1.807) is 24.3 Å². The molecule has 0 saturated heterocycles. The quantitative estimate of drug-likeness (QED) is 0.861. The monoisotopic (exact) mass is 358 g/mol. The molecule has 1 aliphatic rings. The summed E-state index contributed by atoms with van der Waals surface area (Å²) in [6.07, 6.45) is 1.06. The number of nitrogens with one attached hydrogen (secondary N) is 1. The fourth-order valence-corrected chi connectivity index (χ4v) is 3.14. The first kappa shape index (κ1) is 17.8. The van der Waals surface area contributed by atoms with Crippen LogP contribution in [0.25, 0.3) is 0 Å². The van der Waals surface area contributed by atoms with Crippen molar-refractivity contribution >= 4 is 17.5 Å². The van der Waals surface area contributed by atoms with E-state index >= 15 is 0 Å². The van der Waals surface area contributed by atoms with Crippen LogP contribution in [-0.4, -0.2) is 36.5 Å². The molecule has 132 valence electrons. The molecule has 1 amide bonds. The average Bonchev–Trinajstić information content (AvgIpc) is 2.65. The number of halogens is 1. The van der Waals surface area contributed by atoms with Gasteiger partial charge in [0.05, 0.1) is 0 Å². The lowest BCUT2D eigenvalue weighted by atomic mass is 9.99. The van der Waals surface area contributed by atoms with Crippen molar-refractivity contribution in [1.29, 1.82) is 0 Å². The molecule has 0 spiro atoms. The molecule has 1 heterocycles. The van der Waals surface area contributed by atoms with Crippen molar-refractivity contribution in [2.24, 2.45) is 0 Å². The van der Waals surface area contributed by atoms with Gasteiger partial charge in [-0.05, 0) is 48.7 Å². The molecular weight excluding hydrogens is 336 g/mol. The molecular formula is C20H23ClN2O2. The Morgan fingerprint density at radius 3 is 2.68 bits per heavy atom. The smallest absolute Gasteiger partial charge is 0.257 e. The first-order valence-corrected chi connectivity index (χ1v) is 8.95. The van der Waals surface area contributed by atoms with Crippen LogP contribution in [0.15, 0.2) is 48.5 Å². The summed E-state index contributed by atoms with van der Waals surface area (Å²) in [7, 11) is 0. The lowest BCUT2D eigenvalue weighted by Crippen LogP contribution is -2.45. The van der Waals surface area contributed by atoms with Crippen molar-refractivity contribution < 1.29 is 9.53 Å². The topological polar surface area (TPSA) is 41.6 Å². The highest BCUT2D eigenvalue weighted by molar-refractivity contribution is 6.30. The molecule has 0 bridgehead atoms. The Hall–Kier alpha value is -2.04. The summed E-state index contributed by atoms with van der Waals surface area (Å²) < 4.78 is 5.46. The van der Waals surface area contributed by atoms with E-state index in [1.165, 1.54) is 11.1 Å². The number of rotatable bonds is 6. The van der Waals surface area contributed by atoms with Gasteiger partial charge in [-0.2, -0.15) is 0 Å². The van der Waals surface area contributed by atoms with Gasteiger partial charge in [-0.1, -0.05) is 35.9 Å². The van der Waals surface area contributed by atoms with Crippen molar-refractivity contribution in [1.82, 2.24) is 10.2 Å². The van der Waals surface area contributed by atoms with Crippen LogP contribution >= 0.6 is 11.6 Å². The summed E-state index contributed by atoms with van der Waals surface area (Å²) in [5.74, 6) is 0.527. The van der Waals surface area contributed by atoms with Crippen LogP contribution in [0.4, 0.5) is 0 Å². The molecule has 0 aromatic heterocycles. The fourth-order valence-electron chi connectivity index (χ4n) is 3.02. The van der Waals surface area contributed by atoms with Gasteiger partial charge in [0.15, 0.2) is 6.61 Å². The van der Waals surface area contributed by atoms with Gasteiger partial charge < -0.3 is 10.1 Å². The lowest BCUT2D eigenvalue weighted by Gasteiger charge is -2.33. The van der Waals surface area contributed by atoms with Crippen molar-refractivity contribution in [3.63, 3.8) is 0 Å². The molecule has 4 nitrogen and oxygen atoms in total. The van der Waals surface area contributed by atoms with Crippen molar-refractivity contribution in [2.75, 3.05) is 19.7 Å². The molecule has 1 N–H and O–H groups in total. The fraction of sp³-hybridized carbons (Fsp3) is 0.350. The number of carbonyl (C=O) groups is 1. The van der Waals surface area contributed by atoms with Crippen LogP contribution in [0.2, 0.25) is 5.02 Å². The predicted molar refractivity (Wildman–Crippen MR) is 100.0 cm³/mol. The van der Waals surface area contributed by atoms with Crippen molar-refractivity contribution in [3.05, 3.63) is 64.7 Å². The van der Waals surface area contributed by atoms with Crippen LogP contribution in [-0.2, 0) is 17.8 Å². The summed E-state index contributed by atoms with van der Waals surface area (Å²) in [6, 6.07) is 15.8. The Bertz CT molecular complexity index is 718. The van der Waals surface area contributed by atoms with Crippen LogP contribution in [0.3, 0.4) is 0 Å². The molecule has 0 radical (unpaired) electrons. The van der Waals surface area contributed by atoms with Gasteiger partial charge >= 0.3 is 0 Å².